The first kappa shape index (κ1) is 8.82. The van der Waals surface area contributed by atoms with Crippen molar-refractivity contribution in [2.45, 2.75) is 12.6 Å². The number of nitrogens with zero attached hydrogens (tertiary/aromatic N) is 6. The van der Waals surface area contributed by atoms with Crippen LogP contribution in [0.3, 0.4) is 0 Å². The van der Waals surface area contributed by atoms with Crippen molar-refractivity contribution in [2.24, 2.45) is 12.8 Å². The predicted octanol–water partition coefficient (Wildman–Crippen LogP) is -0.893. The van der Waals surface area contributed by atoms with Crippen LogP contribution < -0.4 is 5.73 Å². The molecular weight excluding hydrogens is 182 g/mol. The lowest BCUT2D eigenvalue weighted by atomic mass is 10.3. The maximum atomic E-state index is 5.92. The van der Waals surface area contributed by atoms with Crippen LogP contribution in [0.25, 0.3) is 0 Å². The van der Waals surface area contributed by atoms with Gasteiger partial charge in [-0.25, -0.2) is 9.97 Å². The van der Waals surface area contributed by atoms with E-state index in [1.807, 2.05) is 7.05 Å². The highest BCUT2D eigenvalue weighted by Gasteiger charge is 2.12. The van der Waals surface area contributed by atoms with Crippen molar-refractivity contribution >= 4 is 0 Å². The van der Waals surface area contributed by atoms with E-state index in [0.29, 0.717) is 6.54 Å². The van der Waals surface area contributed by atoms with Crippen LogP contribution in [0.15, 0.2) is 19.0 Å². The number of aromatic nitrogens is 6. The molecule has 0 amide bonds. The van der Waals surface area contributed by atoms with E-state index >= 15 is 0 Å². The number of aryl methyl sites for hydroxylation is 1. The minimum atomic E-state index is -0.218. The first-order valence-corrected chi connectivity index (χ1v) is 4.19. The van der Waals surface area contributed by atoms with Crippen molar-refractivity contribution in [3.8, 4) is 0 Å². The third-order valence-corrected chi connectivity index (χ3v) is 1.93. The predicted molar refractivity (Wildman–Crippen MR) is 48.0 cm³/mol. The van der Waals surface area contributed by atoms with Gasteiger partial charge in [-0.3, -0.25) is 9.36 Å². The Balaban J connectivity index is 2.10. The van der Waals surface area contributed by atoms with Crippen LogP contribution in [0.5, 0.6) is 0 Å². The van der Waals surface area contributed by atoms with Gasteiger partial charge in [0.25, 0.3) is 0 Å². The van der Waals surface area contributed by atoms with Gasteiger partial charge in [0.05, 0.1) is 12.6 Å². The Morgan fingerprint density at radius 2 is 2.29 bits per heavy atom. The molecule has 0 aliphatic rings. The summed E-state index contributed by atoms with van der Waals surface area (Å²) < 4.78 is 3.32. The van der Waals surface area contributed by atoms with Gasteiger partial charge in [-0.2, -0.15) is 10.2 Å². The Kier molecular flexibility index (Phi) is 2.23. The van der Waals surface area contributed by atoms with E-state index in [1.54, 1.807) is 15.7 Å². The molecule has 2 aromatic rings. The van der Waals surface area contributed by atoms with Gasteiger partial charge in [0.15, 0.2) is 0 Å². The molecule has 0 fully saturated rings. The van der Waals surface area contributed by atoms with Crippen LogP contribution in [0, 0.1) is 0 Å². The molecule has 2 heterocycles. The molecule has 2 rings (SSSR count). The first-order valence-electron chi connectivity index (χ1n) is 4.19. The number of rotatable bonds is 3. The van der Waals surface area contributed by atoms with Crippen LogP contribution in [0.1, 0.15) is 11.9 Å². The summed E-state index contributed by atoms with van der Waals surface area (Å²) in [4.78, 5) is 7.89. The summed E-state index contributed by atoms with van der Waals surface area (Å²) >= 11 is 0. The van der Waals surface area contributed by atoms with E-state index in [4.69, 9.17) is 5.73 Å². The van der Waals surface area contributed by atoms with Gasteiger partial charge < -0.3 is 5.73 Å². The number of hydrogen-bond donors (Lipinski definition) is 1. The molecular formula is C7H11N7. The Morgan fingerprint density at radius 3 is 2.86 bits per heavy atom. The van der Waals surface area contributed by atoms with E-state index in [-0.39, 0.29) is 6.04 Å². The molecule has 7 heteroatoms. The van der Waals surface area contributed by atoms with Gasteiger partial charge >= 0.3 is 0 Å². The Morgan fingerprint density at radius 1 is 1.43 bits per heavy atom. The molecule has 1 unspecified atom stereocenters. The minimum Gasteiger partial charge on any atom is -0.320 e. The van der Waals surface area contributed by atoms with Gasteiger partial charge in [-0.1, -0.05) is 0 Å². The average molecular weight is 193 g/mol. The quantitative estimate of drug-likeness (QED) is 0.683. The molecule has 0 bridgehead atoms. The van der Waals surface area contributed by atoms with Gasteiger partial charge in [0.1, 0.15) is 24.8 Å². The summed E-state index contributed by atoms with van der Waals surface area (Å²) in [6, 6.07) is -0.218. The molecule has 0 saturated carbocycles. The van der Waals surface area contributed by atoms with Crippen LogP contribution in [-0.2, 0) is 13.6 Å². The molecule has 2 aromatic heterocycles. The van der Waals surface area contributed by atoms with Gasteiger partial charge in [-0.05, 0) is 0 Å². The largest absolute Gasteiger partial charge is 0.320 e. The third-order valence-electron chi connectivity index (χ3n) is 1.93. The molecule has 74 valence electrons. The van der Waals surface area contributed by atoms with E-state index in [9.17, 15) is 0 Å². The topological polar surface area (TPSA) is 87.4 Å². The van der Waals surface area contributed by atoms with Crippen molar-refractivity contribution < 1.29 is 0 Å². The summed E-state index contributed by atoms with van der Waals surface area (Å²) in [5.41, 5.74) is 5.92. The zero-order valence-electron chi connectivity index (χ0n) is 7.78. The molecule has 0 radical (unpaired) electrons. The fraction of sp³-hybridized carbons (Fsp3) is 0.429. The third kappa shape index (κ3) is 1.62. The van der Waals surface area contributed by atoms with Crippen LogP contribution in [0.4, 0.5) is 0 Å². The molecule has 7 nitrogen and oxygen atoms in total. The summed E-state index contributed by atoms with van der Waals surface area (Å²) in [6.07, 6.45) is 4.58. The summed E-state index contributed by atoms with van der Waals surface area (Å²) in [5, 5.41) is 7.91. The number of nitrogens with two attached hydrogens (primary N) is 1. The molecule has 0 saturated heterocycles. The minimum absolute atomic E-state index is 0.218. The first-order chi connectivity index (χ1) is 6.77. The van der Waals surface area contributed by atoms with Gasteiger partial charge in [-0.15, -0.1) is 0 Å². The summed E-state index contributed by atoms with van der Waals surface area (Å²) in [6.45, 7) is 0.548. The van der Waals surface area contributed by atoms with Crippen LogP contribution >= 0.6 is 0 Å². The SMILES string of the molecule is Cn1ncnc1C(N)Cn1cncn1. The summed E-state index contributed by atoms with van der Waals surface area (Å²) in [7, 11) is 1.81. The molecule has 0 spiro atoms. The molecule has 0 aliphatic heterocycles. The second kappa shape index (κ2) is 3.54. The normalized spacial score (nSPS) is 13.0. The maximum absolute atomic E-state index is 5.92. The summed E-state index contributed by atoms with van der Waals surface area (Å²) in [5.74, 6) is 0.737. The smallest absolute Gasteiger partial charge is 0.145 e. The fourth-order valence-corrected chi connectivity index (χ4v) is 1.25. The molecule has 1 atom stereocenters. The molecule has 2 N–H and O–H groups in total. The van der Waals surface area contributed by atoms with Crippen molar-refractivity contribution in [1.82, 2.24) is 29.5 Å². The van der Waals surface area contributed by atoms with Crippen molar-refractivity contribution in [3.05, 3.63) is 24.8 Å². The van der Waals surface area contributed by atoms with E-state index in [1.165, 1.54) is 12.7 Å². The van der Waals surface area contributed by atoms with E-state index in [2.05, 4.69) is 20.2 Å². The van der Waals surface area contributed by atoms with E-state index in [0.717, 1.165) is 5.82 Å². The van der Waals surface area contributed by atoms with Gasteiger partial charge in [0, 0.05) is 7.05 Å². The van der Waals surface area contributed by atoms with Crippen molar-refractivity contribution in [2.75, 3.05) is 0 Å². The van der Waals surface area contributed by atoms with Crippen molar-refractivity contribution in [1.29, 1.82) is 0 Å². The zero-order valence-corrected chi connectivity index (χ0v) is 7.78. The lowest BCUT2D eigenvalue weighted by Gasteiger charge is -2.09. The lowest BCUT2D eigenvalue weighted by molar-refractivity contribution is 0.488. The molecule has 0 aliphatic carbocycles. The zero-order chi connectivity index (χ0) is 9.97. The highest BCUT2D eigenvalue weighted by Crippen LogP contribution is 2.06. The highest BCUT2D eigenvalue weighted by atomic mass is 15.3. The average Bonchev–Trinajstić information content (AvgIpc) is 2.75. The Hall–Kier alpha value is -1.76. The standard InChI is InChI=1S/C7H11N7/c1-13-7(10-4-11-13)6(8)2-14-5-9-3-12-14/h3-6H,2,8H2,1H3. The Bertz CT molecular complexity index is 390. The second-order valence-corrected chi connectivity index (χ2v) is 2.97. The van der Waals surface area contributed by atoms with Crippen LogP contribution in [-0.4, -0.2) is 29.5 Å². The van der Waals surface area contributed by atoms with Crippen molar-refractivity contribution in [3.63, 3.8) is 0 Å². The molecule has 0 aromatic carbocycles. The maximum Gasteiger partial charge on any atom is 0.145 e. The highest BCUT2D eigenvalue weighted by molar-refractivity contribution is 4.91. The fourth-order valence-electron chi connectivity index (χ4n) is 1.25. The number of hydrogen-bond acceptors (Lipinski definition) is 5. The van der Waals surface area contributed by atoms with E-state index < -0.39 is 0 Å². The second-order valence-electron chi connectivity index (χ2n) is 2.97. The molecule has 14 heavy (non-hydrogen) atoms. The monoisotopic (exact) mass is 193 g/mol. The Labute approximate surface area is 80.6 Å². The van der Waals surface area contributed by atoms with Crippen LogP contribution in [0.2, 0.25) is 0 Å². The lowest BCUT2D eigenvalue weighted by Crippen LogP contribution is -2.21. The van der Waals surface area contributed by atoms with Gasteiger partial charge in [0.2, 0.25) is 0 Å².